The van der Waals surface area contributed by atoms with Crippen LogP contribution in [-0.4, -0.2) is 37.0 Å². The first-order valence-electron chi connectivity index (χ1n) is 9.39. The lowest BCUT2D eigenvalue weighted by Gasteiger charge is -2.14. The molecule has 1 heterocycles. The Balaban J connectivity index is 2.08. The molecule has 2 rings (SSSR count). The molecule has 0 radical (unpaired) electrons. The average molecular weight is 389 g/mol. The van der Waals surface area contributed by atoms with E-state index in [-0.39, 0.29) is 5.91 Å². The van der Waals surface area contributed by atoms with Crippen molar-refractivity contribution in [2.75, 3.05) is 21.3 Å². The van der Waals surface area contributed by atoms with Crippen LogP contribution >= 0.6 is 0 Å². The maximum Gasteiger partial charge on any atom is 0.224 e. The molecule has 0 aliphatic carbocycles. The maximum absolute atomic E-state index is 12.5. The number of nitrogens with one attached hydrogen (secondary N) is 1. The molecule has 1 amide bonds. The van der Waals surface area contributed by atoms with E-state index in [1.54, 1.807) is 21.3 Å². The number of methoxy groups -OCH3 is 3. The Morgan fingerprint density at radius 2 is 1.71 bits per heavy atom. The van der Waals surface area contributed by atoms with Crippen molar-refractivity contribution in [1.82, 2.24) is 15.1 Å². The molecule has 0 fully saturated rings. The average Bonchev–Trinajstić information content (AvgIpc) is 2.92. The van der Waals surface area contributed by atoms with E-state index in [0.29, 0.717) is 36.1 Å². The third-order valence-corrected chi connectivity index (χ3v) is 4.62. The number of carbonyl (C=O) groups is 1. The fraction of sp³-hybridized carbons (Fsp3) is 0.524. The summed E-state index contributed by atoms with van der Waals surface area (Å²) in [5.74, 6) is 2.10. The number of amides is 1. The van der Waals surface area contributed by atoms with Gasteiger partial charge in [-0.05, 0) is 37.5 Å². The van der Waals surface area contributed by atoms with E-state index in [9.17, 15) is 4.79 Å². The van der Waals surface area contributed by atoms with Gasteiger partial charge in [0.15, 0.2) is 11.5 Å². The highest BCUT2D eigenvalue weighted by Crippen LogP contribution is 2.38. The molecule has 0 saturated carbocycles. The SMILES string of the molecule is COc1cc(CNC(=O)Cc2c(C)nn(CC(C)C)c2C)cc(OC)c1OC. The van der Waals surface area contributed by atoms with Crippen LogP contribution in [0.1, 0.15) is 36.4 Å². The fourth-order valence-corrected chi connectivity index (χ4v) is 3.17. The Kier molecular flexibility index (Phi) is 7.31. The molecule has 0 saturated heterocycles. The summed E-state index contributed by atoms with van der Waals surface area (Å²) in [6.07, 6.45) is 0.306. The molecular formula is C21H31N3O4. The third kappa shape index (κ3) is 4.97. The Bertz CT molecular complexity index is 802. The van der Waals surface area contributed by atoms with Crippen LogP contribution in [0.3, 0.4) is 0 Å². The second kappa shape index (κ2) is 9.48. The zero-order chi connectivity index (χ0) is 20.8. The number of aryl methyl sites for hydroxylation is 1. The second-order valence-corrected chi connectivity index (χ2v) is 7.21. The molecule has 28 heavy (non-hydrogen) atoms. The molecule has 0 aliphatic rings. The maximum atomic E-state index is 12.5. The van der Waals surface area contributed by atoms with Gasteiger partial charge in [-0.15, -0.1) is 0 Å². The first-order chi connectivity index (χ1) is 13.3. The molecule has 0 spiro atoms. The van der Waals surface area contributed by atoms with Gasteiger partial charge in [0.05, 0.1) is 33.4 Å². The molecule has 1 N–H and O–H groups in total. The van der Waals surface area contributed by atoms with E-state index >= 15 is 0 Å². The van der Waals surface area contributed by atoms with Crippen molar-refractivity contribution < 1.29 is 19.0 Å². The Labute approximate surface area is 167 Å². The molecule has 0 aliphatic heterocycles. The Hall–Kier alpha value is -2.70. The summed E-state index contributed by atoms with van der Waals surface area (Å²) < 4.78 is 18.0. The van der Waals surface area contributed by atoms with Crippen LogP contribution in [0.2, 0.25) is 0 Å². The van der Waals surface area contributed by atoms with Gasteiger partial charge in [0, 0.05) is 24.3 Å². The van der Waals surface area contributed by atoms with Gasteiger partial charge in [-0.1, -0.05) is 13.8 Å². The number of hydrogen-bond acceptors (Lipinski definition) is 5. The van der Waals surface area contributed by atoms with E-state index in [2.05, 4.69) is 24.3 Å². The summed E-state index contributed by atoms with van der Waals surface area (Å²) in [6.45, 7) is 9.49. The first kappa shape index (κ1) is 21.6. The predicted octanol–water partition coefficient (Wildman–Crippen LogP) is 3.04. The minimum Gasteiger partial charge on any atom is -0.493 e. The standard InChI is InChI=1S/C21H31N3O4/c1-13(2)12-24-15(4)17(14(3)23-24)10-20(25)22-11-16-8-18(26-5)21(28-7)19(9-16)27-6/h8-9,13H,10-12H2,1-7H3,(H,22,25). The topological polar surface area (TPSA) is 74.6 Å². The highest BCUT2D eigenvalue weighted by molar-refractivity contribution is 5.79. The number of nitrogens with zero attached hydrogens (tertiary/aromatic N) is 2. The van der Waals surface area contributed by atoms with Crippen molar-refractivity contribution in [2.24, 2.45) is 5.92 Å². The highest BCUT2D eigenvalue weighted by atomic mass is 16.5. The molecule has 0 bridgehead atoms. The van der Waals surface area contributed by atoms with Crippen LogP contribution in [0.5, 0.6) is 17.2 Å². The molecule has 7 heteroatoms. The van der Waals surface area contributed by atoms with Gasteiger partial charge >= 0.3 is 0 Å². The number of hydrogen-bond donors (Lipinski definition) is 1. The number of aromatic nitrogens is 2. The van der Waals surface area contributed by atoms with E-state index in [0.717, 1.165) is 29.1 Å². The fourth-order valence-electron chi connectivity index (χ4n) is 3.17. The summed E-state index contributed by atoms with van der Waals surface area (Å²) in [6, 6.07) is 3.66. The Morgan fingerprint density at radius 1 is 1.11 bits per heavy atom. The van der Waals surface area contributed by atoms with E-state index < -0.39 is 0 Å². The van der Waals surface area contributed by atoms with Crippen LogP contribution in [0.25, 0.3) is 0 Å². The molecular weight excluding hydrogens is 358 g/mol. The molecule has 0 unspecified atom stereocenters. The lowest BCUT2D eigenvalue weighted by molar-refractivity contribution is -0.120. The molecule has 7 nitrogen and oxygen atoms in total. The number of carbonyl (C=O) groups excluding carboxylic acids is 1. The summed E-state index contributed by atoms with van der Waals surface area (Å²) >= 11 is 0. The van der Waals surface area contributed by atoms with Gasteiger partial charge in [-0.25, -0.2) is 0 Å². The van der Waals surface area contributed by atoms with Gasteiger partial charge in [0.2, 0.25) is 11.7 Å². The second-order valence-electron chi connectivity index (χ2n) is 7.21. The summed E-state index contributed by atoms with van der Waals surface area (Å²) in [7, 11) is 4.70. The molecule has 0 atom stereocenters. The zero-order valence-corrected chi connectivity index (χ0v) is 17.9. The third-order valence-electron chi connectivity index (χ3n) is 4.62. The molecule has 2 aromatic rings. The van der Waals surface area contributed by atoms with Crippen LogP contribution in [0, 0.1) is 19.8 Å². The summed E-state index contributed by atoms with van der Waals surface area (Å²) in [5, 5.41) is 7.54. The van der Waals surface area contributed by atoms with Crippen molar-refractivity contribution in [2.45, 2.75) is 47.2 Å². The minimum atomic E-state index is -0.0518. The van der Waals surface area contributed by atoms with E-state index in [4.69, 9.17) is 14.2 Å². The predicted molar refractivity (Wildman–Crippen MR) is 108 cm³/mol. The van der Waals surface area contributed by atoms with Crippen molar-refractivity contribution in [3.05, 3.63) is 34.6 Å². The van der Waals surface area contributed by atoms with Gasteiger partial charge < -0.3 is 19.5 Å². The van der Waals surface area contributed by atoms with Gasteiger partial charge in [0.1, 0.15) is 0 Å². The Morgan fingerprint density at radius 3 is 2.21 bits per heavy atom. The largest absolute Gasteiger partial charge is 0.493 e. The van der Waals surface area contributed by atoms with Crippen LogP contribution in [0.4, 0.5) is 0 Å². The quantitative estimate of drug-likeness (QED) is 0.713. The van der Waals surface area contributed by atoms with E-state index in [1.807, 2.05) is 30.7 Å². The lowest BCUT2D eigenvalue weighted by Crippen LogP contribution is -2.25. The number of ether oxygens (including phenoxy) is 3. The number of rotatable bonds is 9. The smallest absolute Gasteiger partial charge is 0.224 e. The van der Waals surface area contributed by atoms with Crippen LogP contribution in [-0.2, 0) is 24.3 Å². The molecule has 154 valence electrons. The summed E-state index contributed by atoms with van der Waals surface area (Å²) in [4.78, 5) is 12.5. The van der Waals surface area contributed by atoms with Gasteiger partial charge in [-0.3, -0.25) is 9.48 Å². The highest BCUT2D eigenvalue weighted by Gasteiger charge is 2.17. The molecule has 1 aromatic carbocycles. The van der Waals surface area contributed by atoms with Crippen LogP contribution < -0.4 is 19.5 Å². The minimum absolute atomic E-state index is 0.0518. The summed E-state index contributed by atoms with van der Waals surface area (Å²) in [5.41, 5.74) is 3.81. The van der Waals surface area contributed by atoms with Gasteiger partial charge in [-0.2, -0.15) is 5.10 Å². The van der Waals surface area contributed by atoms with Crippen LogP contribution in [0.15, 0.2) is 12.1 Å². The molecule has 1 aromatic heterocycles. The van der Waals surface area contributed by atoms with Crippen molar-refractivity contribution in [1.29, 1.82) is 0 Å². The normalized spacial score (nSPS) is 10.9. The van der Waals surface area contributed by atoms with Crippen molar-refractivity contribution in [3.8, 4) is 17.2 Å². The van der Waals surface area contributed by atoms with Gasteiger partial charge in [0.25, 0.3) is 0 Å². The monoisotopic (exact) mass is 389 g/mol. The van der Waals surface area contributed by atoms with Crippen molar-refractivity contribution >= 4 is 5.91 Å². The zero-order valence-electron chi connectivity index (χ0n) is 17.9. The number of benzene rings is 1. The first-order valence-corrected chi connectivity index (χ1v) is 9.39. The van der Waals surface area contributed by atoms with E-state index in [1.165, 1.54) is 0 Å². The lowest BCUT2D eigenvalue weighted by atomic mass is 10.1. The van der Waals surface area contributed by atoms with Crippen molar-refractivity contribution in [3.63, 3.8) is 0 Å².